The lowest BCUT2D eigenvalue weighted by atomic mass is 10.1. The molecule has 0 bridgehead atoms. The number of Topliss-reactive ketones (excluding diaryl/α,β-unsaturated/α-hetero) is 1. The van der Waals surface area contributed by atoms with E-state index in [4.69, 9.17) is 0 Å². The van der Waals surface area contributed by atoms with Gasteiger partial charge in [-0.05, 0) is 23.8 Å². The van der Waals surface area contributed by atoms with E-state index in [1.807, 2.05) is 0 Å². The van der Waals surface area contributed by atoms with Gasteiger partial charge in [-0.25, -0.2) is 4.98 Å². The van der Waals surface area contributed by atoms with Crippen molar-refractivity contribution in [3.63, 3.8) is 0 Å². The zero-order valence-corrected chi connectivity index (χ0v) is 14.9. The molecule has 2 aromatic carbocycles. The number of carbonyl (C=O) groups is 1. The van der Waals surface area contributed by atoms with Gasteiger partial charge in [-0.3, -0.25) is 4.79 Å². The summed E-state index contributed by atoms with van der Waals surface area (Å²) in [5.74, 6) is -0.935. The molecule has 0 unspecified atom stereocenters. The number of halogens is 4. The Hall–Kier alpha value is -2.15. The van der Waals surface area contributed by atoms with Crippen LogP contribution >= 0.6 is 15.9 Å². The third-order valence-electron chi connectivity index (χ3n) is 3.90. The van der Waals surface area contributed by atoms with Gasteiger partial charge in [-0.15, -0.1) is 0 Å². The molecule has 7 heteroatoms. The van der Waals surface area contributed by atoms with Crippen molar-refractivity contribution in [3.05, 3.63) is 63.9 Å². The van der Waals surface area contributed by atoms with Crippen LogP contribution < -0.4 is 0 Å². The van der Waals surface area contributed by atoms with Crippen LogP contribution in [0.15, 0.2) is 46.9 Å². The lowest BCUT2D eigenvalue weighted by Gasteiger charge is -2.12. The second-order valence-electron chi connectivity index (χ2n) is 5.63. The van der Waals surface area contributed by atoms with Gasteiger partial charge in [0.05, 0.1) is 11.0 Å². The first-order valence-electron chi connectivity index (χ1n) is 7.64. The highest BCUT2D eigenvalue weighted by Crippen LogP contribution is 2.33. The number of imidazole rings is 1. The molecule has 0 aliphatic heterocycles. The second kappa shape index (κ2) is 6.63. The molecular formula is C18H14BrF3N2O. The van der Waals surface area contributed by atoms with Crippen molar-refractivity contribution in [2.45, 2.75) is 26.1 Å². The predicted molar refractivity (Wildman–Crippen MR) is 92.6 cm³/mol. The van der Waals surface area contributed by atoms with Gasteiger partial charge in [0, 0.05) is 23.0 Å². The number of carbonyl (C=O) groups excluding carboxylic acids is 1. The number of fused-ring (bicyclic) bond motifs is 1. The molecule has 3 nitrogen and oxygen atoms in total. The van der Waals surface area contributed by atoms with Gasteiger partial charge in [-0.1, -0.05) is 47.1 Å². The lowest BCUT2D eigenvalue weighted by molar-refractivity contribution is -0.146. The Bertz CT molecular complexity index is 930. The molecule has 0 N–H and O–H groups in total. The average Bonchev–Trinajstić information content (AvgIpc) is 2.92. The Morgan fingerprint density at radius 2 is 1.84 bits per heavy atom. The second-order valence-corrected chi connectivity index (χ2v) is 6.54. The van der Waals surface area contributed by atoms with E-state index in [9.17, 15) is 18.0 Å². The normalized spacial score (nSPS) is 11.9. The summed E-state index contributed by atoms with van der Waals surface area (Å²) >= 11 is 3.25. The van der Waals surface area contributed by atoms with Gasteiger partial charge < -0.3 is 4.57 Å². The maximum atomic E-state index is 13.4. The van der Waals surface area contributed by atoms with Crippen LogP contribution in [0.25, 0.3) is 11.0 Å². The van der Waals surface area contributed by atoms with Crippen molar-refractivity contribution in [1.82, 2.24) is 9.55 Å². The molecule has 3 aromatic rings. The molecule has 0 aliphatic rings. The van der Waals surface area contributed by atoms with Gasteiger partial charge in [0.15, 0.2) is 5.78 Å². The summed E-state index contributed by atoms with van der Waals surface area (Å²) in [5, 5.41) is 0. The van der Waals surface area contributed by atoms with Crippen molar-refractivity contribution < 1.29 is 18.0 Å². The maximum Gasteiger partial charge on any atom is 0.449 e. The van der Waals surface area contributed by atoms with E-state index in [0.29, 0.717) is 27.5 Å². The summed E-state index contributed by atoms with van der Waals surface area (Å²) in [4.78, 5) is 15.4. The van der Waals surface area contributed by atoms with E-state index >= 15 is 0 Å². The molecule has 130 valence electrons. The fraction of sp³-hybridized carbons (Fsp3) is 0.222. The van der Waals surface area contributed by atoms with Crippen molar-refractivity contribution in [2.24, 2.45) is 0 Å². The van der Waals surface area contributed by atoms with Gasteiger partial charge in [0.2, 0.25) is 5.82 Å². The standard InChI is InChI=1S/C18H14BrF3N2O/c1-2-16(25)12-5-3-11(4-6-12)10-24-15-8-7-13(19)9-14(15)23-17(24)18(20,21)22/h3-9H,2,10H2,1H3. The summed E-state index contributed by atoms with van der Waals surface area (Å²) in [5.41, 5.74) is 1.91. The Balaban J connectivity index is 2.04. The number of nitrogens with zero attached hydrogens (tertiary/aromatic N) is 2. The van der Waals surface area contributed by atoms with Crippen LogP contribution in [0.4, 0.5) is 13.2 Å². The molecule has 0 radical (unpaired) electrons. The van der Waals surface area contributed by atoms with E-state index in [1.54, 1.807) is 49.4 Å². The van der Waals surface area contributed by atoms with Crippen LogP contribution in [0.2, 0.25) is 0 Å². The number of rotatable bonds is 4. The predicted octanol–water partition coefficient (Wildman–Crippen LogP) is 5.46. The van der Waals surface area contributed by atoms with Crippen molar-refractivity contribution in [1.29, 1.82) is 0 Å². The third-order valence-corrected chi connectivity index (χ3v) is 4.39. The van der Waals surface area contributed by atoms with E-state index in [2.05, 4.69) is 20.9 Å². The molecule has 0 fully saturated rings. The fourth-order valence-electron chi connectivity index (χ4n) is 2.66. The number of benzene rings is 2. The number of hydrogen-bond donors (Lipinski definition) is 0. The molecule has 25 heavy (non-hydrogen) atoms. The Labute approximate surface area is 150 Å². The molecule has 0 amide bonds. The summed E-state index contributed by atoms with van der Waals surface area (Å²) in [6.07, 6.45) is -4.16. The smallest absolute Gasteiger partial charge is 0.316 e. The average molecular weight is 411 g/mol. The number of hydrogen-bond acceptors (Lipinski definition) is 2. The van der Waals surface area contributed by atoms with Gasteiger partial charge in [-0.2, -0.15) is 13.2 Å². The SMILES string of the molecule is CCC(=O)c1ccc(Cn2c(C(F)(F)F)nc3cc(Br)ccc32)cc1. The van der Waals surface area contributed by atoms with E-state index in [1.165, 1.54) is 0 Å². The first kappa shape index (κ1) is 17.7. The highest BCUT2D eigenvalue weighted by molar-refractivity contribution is 9.10. The Morgan fingerprint density at radius 1 is 1.16 bits per heavy atom. The first-order valence-corrected chi connectivity index (χ1v) is 8.44. The van der Waals surface area contributed by atoms with Crippen LogP contribution in [-0.4, -0.2) is 15.3 Å². The van der Waals surface area contributed by atoms with Gasteiger partial charge >= 0.3 is 6.18 Å². The van der Waals surface area contributed by atoms with E-state index in [-0.39, 0.29) is 17.8 Å². The summed E-state index contributed by atoms with van der Waals surface area (Å²) in [6.45, 7) is 1.79. The monoisotopic (exact) mass is 410 g/mol. The topological polar surface area (TPSA) is 34.9 Å². The van der Waals surface area contributed by atoms with Crippen molar-refractivity contribution in [3.8, 4) is 0 Å². The molecule has 0 atom stereocenters. The number of alkyl halides is 3. The zero-order valence-electron chi connectivity index (χ0n) is 13.3. The van der Waals surface area contributed by atoms with Crippen molar-refractivity contribution >= 4 is 32.7 Å². The minimum absolute atomic E-state index is 0.000427. The molecule has 1 heterocycles. The highest BCUT2D eigenvalue weighted by atomic mass is 79.9. The van der Waals surface area contributed by atoms with Crippen LogP contribution in [0.5, 0.6) is 0 Å². The minimum atomic E-state index is -4.55. The molecule has 0 saturated heterocycles. The summed E-state index contributed by atoms with van der Waals surface area (Å²) in [7, 11) is 0. The van der Waals surface area contributed by atoms with Crippen molar-refractivity contribution in [2.75, 3.05) is 0 Å². The van der Waals surface area contributed by atoms with Crippen LogP contribution in [0.3, 0.4) is 0 Å². The third kappa shape index (κ3) is 3.61. The molecule has 0 spiro atoms. The summed E-state index contributed by atoms with van der Waals surface area (Å²) in [6, 6.07) is 11.5. The molecular weight excluding hydrogens is 397 g/mol. The largest absolute Gasteiger partial charge is 0.449 e. The molecule has 3 rings (SSSR count). The Morgan fingerprint density at radius 3 is 2.44 bits per heavy atom. The minimum Gasteiger partial charge on any atom is -0.316 e. The Kier molecular flexibility index (Phi) is 4.69. The van der Waals surface area contributed by atoms with E-state index < -0.39 is 12.0 Å². The quantitative estimate of drug-likeness (QED) is 0.535. The maximum absolute atomic E-state index is 13.4. The summed E-state index contributed by atoms with van der Waals surface area (Å²) < 4.78 is 41.9. The molecule has 0 saturated carbocycles. The molecule has 1 aromatic heterocycles. The van der Waals surface area contributed by atoms with Crippen LogP contribution in [-0.2, 0) is 12.7 Å². The number of aromatic nitrogens is 2. The lowest BCUT2D eigenvalue weighted by Crippen LogP contribution is -2.15. The number of ketones is 1. The molecule has 0 aliphatic carbocycles. The highest BCUT2D eigenvalue weighted by Gasteiger charge is 2.37. The van der Waals surface area contributed by atoms with Gasteiger partial charge in [0.25, 0.3) is 0 Å². The zero-order chi connectivity index (χ0) is 18.2. The van der Waals surface area contributed by atoms with Gasteiger partial charge in [0.1, 0.15) is 0 Å². The van der Waals surface area contributed by atoms with E-state index in [0.717, 1.165) is 4.57 Å². The first-order chi connectivity index (χ1) is 11.8. The van der Waals surface area contributed by atoms with Crippen LogP contribution in [0, 0.1) is 0 Å². The van der Waals surface area contributed by atoms with Crippen LogP contribution in [0.1, 0.15) is 35.1 Å². The fourth-order valence-corrected chi connectivity index (χ4v) is 3.01.